The summed E-state index contributed by atoms with van der Waals surface area (Å²) in [4.78, 5) is 21.7. The van der Waals surface area contributed by atoms with Crippen molar-refractivity contribution in [3.05, 3.63) is 41.2 Å². The van der Waals surface area contributed by atoms with Crippen LogP contribution in [0.15, 0.2) is 30.0 Å². The molecule has 0 spiro atoms. The Kier molecular flexibility index (Phi) is 11.5. The maximum atomic E-state index is 13.8. The molecule has 2 N–H and O–H groups in total. The van der Waals surface area contributed by atoms with Crippen molar-refractivity contribution >= 4 is 36.8 Å². The van der Waals surface area contributed by atoms with Gasteiger partial charge in [0, 0.05) is 0 Å². The minimum absolute atomic E-state index is 0. The lowest BCUT2D eigenvalue weighted by Gasteiger charge is -2.41. The summed E-state index contributed by atoms with van der Waals surface area (Å²) in [6.45, 7) is 0. The number of carbonyl (C=O) groups is 2. The van der Waals surface area contributed by atoms with Gasteiger partial charge in [0.25, 0.3) is 0 Å². The standard InChI is InChI=1S/C17H5F17O5.2ClH/c18-7(8(19)39-6-2-4(9(35)36)1-5(3-6)10(37)38)11(20,21)12(22,23)13(24,25)14(26,27)15(28,29)16(30,31)17(32,33)34;;/h1-3H,(H,35,36)(H,37,38);2*1H. The highest BCUT2D eigenvalue weighted by atomic mass is 35.5. The molecule has 238 valence electrons. The largest absolute Gasteiger partial charge is 0.478 e. The Labute approximate surface area is 225 Å². The normalized spacial score (nSPS) is 14.4. The van der Waals surface area contributed by atoms with E-state index in [9.17, 15) is 84.2 Å². The quantitative estimate of drug-likeness (QED) is 0.194. The molecule has 0 saturated carbocycles. The molecule has 0 atom stereocenters. The van der Waals surface area contributed by atoms with Gasteiger partial charge in [-0.1, -0.05) is 0 Å². The van der Waals surface area contributed by atoms with Crippen molar-refractivity contribution in [2.45, 2.75) is 41.7 Å². The van der Waals surface area contributed by atoms with E-state index in [0.717, 1.165) is 0 Å². The number of carboxylic acids is 2. The maximum absolute atomic E-state index is 13.8. The first-order chi connectivity index (χ1) is 17.0. The summed E-state index contributed by atoms with van der Waals surface area (Å²) in [6, 6.07) is -3.65. The van der Waals surface area contributed by atoms with Crippen LogP contribution in [0.3, 0.4) is 0 Å². The molecule has 0 radical (unpaired) electrons. The van der Waals surface area contributed by atoms with E-state index < -0.39 is 82.4 Å². The lowest BCUT2D eigenvalue weighted by atomic mass is 9.91. The van der Waals surface area contributed by atoms with E-state index in [-0.39, 0.29) is 43.0 Å². The number of aromatic carboxylic acids is 2. The Morgan fingerprint density at radius 1 is 0.561 bits per heavy atom. The zero-order chi connectivity index (χ0) is 31.4. The van der Waals surface area contributed by atoms with Crippen LogP contribution < -0.4 is 4.74 Å². The number of carboxylic acid groups (broad SMARTS) is 2. The molecule has 0 aliphatic rings. The van der Waals surface area contributed by atoms with Crippen molar-refractivity contribution in [3.8, 4) is 5.75 Å². The summed E-state index contributed by atoms with van der Waals surface area (Å²) in [7, 11) is 0. The molecule has 1 aromatic carbocycles. The lowest BCUT2D eigenvalue weighted by molar-refractivity contribution is -0.451. The van der Waals surface area contributed by atoms with Gasteiger partial charge in [0.2, 0.25) is 5.83 Å². The van der Waals surface area contributed by atoms with E-state index in [2.05, 4.69) is 4.74 Å². The van der Waals surface area contributed by atoms with E-state index in [4.69, 9.17) is 10.2 Å². The van der Waals surface area contributed by atoms with Gasteiger partial charge < -0.3 is 14.9 Å². The van der Waals surface area contributed by atoms with Gasteiger partial charge in [0.05, 0.1) is 11.1 Å². The number of ether oxygens (including phenoxy) is 1. The van der Waals surface area contributed by atoms with E-state index >= 15 is 0 Å². The van der Waals surface area contributed by atoms with E-state index in [1.165, 1.54) is 0 Å². The minimum Gasteiger partial charge on any atom is -0.478 e. The first-order valence-corrected chi connectivity index (χ1v) is 8.71. The van der Waals surface area contributed by atoms with Crippen molar-refractivity contribution in [1.29, 1.82) is 0 Å². The zero-order valence-corrected chi connectivity index (χ0v) is 19.7. The summed E-state index contributed by atoms with van der Waals surface area (Å²) in [5.74, 6) is -61.1. The second kappa shape index (κ2) is 11.8. The van der Waals surface area contributed by atoms with Crippen LogP contribution in [0.4, 0.5) is 74.6 Å². The molecule has 41 heavy (non-hydrogen) atoms. The highest BCUT2D eigenvalue weighted by Gasteiger charge is 2.93. The molecule has 0 saturated heterocycles. The molecule has 0 heterocycles. The van der Waals surface area contributed by atoms with Gasteiger partial charge in [-0.2, -0.15) is 74.6 Å². The second-order valence-corrected chi connectivity index (χ2v) is 6.99. The summed E-state index contributed by atoms with van der Waals surface area (Å²) < 4.78 is 228. The van der Waals surface area contributed by atoms with Crippen molar-refractivity contribution in [3.63, 3.8) is 0 Å². The molecule has 1 aromatic rings. The fraction of sp³-hybridized carbons (Fsp3) is 0.412. The molecule has 0 aromatic heterocycles. The molecule has 1 rings (SSSR count). The van der Waals surface area contributed by atoms with E-state index in [1.54, 1.807) is 0 Å². The molecule has 0 aliphatic carbocycles. The summed E-state index contributed by atoms with van der Waals surface area (Å²) in [5.41, 5.74) is -2.43. The van der Waals surface area contributed by atoms with Gasteiger partial charge in [-0.3, -0.25) is 0 Å². The van der Waals surface area contributed by atoms with Gasteiger partial charge >= 0.3 is 59.7 Å². The third-order valence-corrected chi connectivity index (χ3v) is 4.38. The molecule has 0 fully saturated rings. The van der Waals surface area contributed by atoms with Crippen LogP contribution in [0.1, 0.15) is 20.7 Å². The smallest absolute Gasteiger partial charge is 0.460 e. The van der Waals surface area contributed by atoms with E-state index in [0.29, 0.717) is 0 Å². The SMILES string of the molecule is Cl.Cl.O=C(O)c1cc(OC(F)=C(F)C(F)(F)C(F)(F)C(F)(F)C(F)(F)C(F)(F)C(F)(F)C(F)(F)F)cc(C(=O)O)c1. The Morgan fingerprint density at radius 2 is 0.878 bits per heavy atom. The van der Waals surface area contributed by atoms with Gasteiger partial charge in [0.1, 0.15) is 5.75 Å². The second-order valence-electron chi connectivity index (χ2n) is 6.99. The van der Waals surface area contributed by atoms with Crippen LogP contribution in [0.25, 0.3) is 0 Å². The summed E-state index contributed by atoms with van der Waals surface area (Å²) >= 11 is 0. The van der Waals surface area contributed by atoms with Crippen molar-refractivity contribution in [1.82, 2.24) is 0 Å². The molecule has 0 amide bonds. The van der Waals surface area contributed by atoms with Crippen LogP contribution >= 0.6 is 24.8 Å². The molecular weight excluding hydrogens is 678 g/mol. The Hall–Kier alpha value is -2.91. The highest BCUT2D eigenvalue weighted by Crippen LogP contribution is 2.63. The fourth-order valence-corrected chi connectivity index (χ4v) is 2.28. The number of alkyl halides is 15. The lowest BCUT2D eigenvalue weighted by Crippen LogP contribution is -2.72. The molecule has 0 aliphatic heterocycles. The highest BCUT2D eigenvalue weighted by molar-refractivity contribution is 5.94. The third kappa shape index (κ3) is 6.31. The molecule has 5 nitrogen and oxygen atoms in total. The first kappa shape index (κ1) is 40.2. The number of benzene rings is 1. The Balaban J connectivity index is 0. The fourth-order valence-electron chi connectivity index (χ4n) is 2.28. The van der Waals surface area contributed by atoms with Crippen molar-refractivity contribution in [2.24, 2.45) is 0 Å². The van der Waals surface area contributed by atoms with Crippen LogP contribution in [-0.4, -0.2) is 63.9 Å². The predicted octanol–water partition coefficient (Wildman–Crippen LogP) is 7.79. The number of allylic oxidation sites excluding steroid dienone is 1. The number of hydrogen-bond donors (Lipinski definition) is 2. The van der Waals surface area contributed by atoms with Crippen molar-refractivity contribution in [2.75, 3.05) is 0 Å². The van der Waals surface area contributed by atoms with Crippen LogP contribution in [0.5, 0.6) is 5.75 Å². The number of halogens is 19. The average molecular weight is 685 g/mol. The van der Waals surface area contributed by atoms with Crippen LogP contribution in [0, 0.1) is 0 Å². The molecule has 0 unspecified atom stereocenters. The van der Waals surface area contributed by atoms with Crippen LogP contribution in [-0.2, 0) is 0 Å². The summed E-state index contributed by atoms with van der Waals surface area (Å²) in [5, 5.41) is 17.5. The van der Waals surface area contributed by atoms with Gasteiger partial charge in [-0.15, -0.1) is 24.8 Å². The number of hydrogen-bond acceptors (Lipinski definition) is 3. The molecule has 24 heteroatoms. The third-order valence-electron chi connectivity index (χ3n) is 4.38. The number of rotatable bonds is 10. The predicted molar refractivity (Wildman–Crippen MR) is 100 cm³/mol. The summed E-state index contributed by atoms with van der Waals surface area (Å²) in [6.07, 6.45) is -7.86. The van der Waals surface area contributed by atoms with Gasteiger partial charge in [-0.05, 0) is 18.2 Å². The first-order valence-electron chi connectivity index (χ1n) is 8.71. The van der Waals surface area contributed by atoms with E-state index in [1.807, 2.05) is 0 Å². The van der Waals surface area contributed by atoms with Crippen LogP contribution in [0.2, 0.25) is 0 Å². The van der Waals surface area contributed by atoms with Gasteiger partial charge in [0.15, 0.2) is 0 Å². The zero-order valence-electron chi connectivity index (χ0n) is 18.1. The van der Waals surface area contributed by atoms with Gasteiger partial charge in [-0.25, -0.2) is 9.59 Å². The molecule has 0 bridgehead atoms. The minimum atomic E-state index is -8.75. The Morgan fingerprint density at radius 3 is 1.20 bits per heavy atom. The Bertz CT molecular complexity index is 1150. The maximum Gasteiger partial charge on any atom is 0.460 e. The monoisotopic (exact) mass is 684 g/mol. The topological polar surface area (TPSA) is 83.8 Å². The van der Waals surface area contributed by atoms with Crippen molar-refractivity contribution < 1.29 is 99.2 Å². The molecular formula is C17H7Cl2F17O5. The average Bonchev–Trinajstić information content (AvgIpc) is 2.76.